The van der Waals surface area contributed by atoms with Crippen LogP contribution in [0.25, 0.3) is 98.5 Å². The summed E-state index contributed by atoms with van der Waals surface area (Å²) in [6.07, 6.45) is 0. The monoisotopic (exact) mass is 724 g/mol. The maximum Gasteiger partial charge on any atom is 0.188 e. The van der Waals surface area contributed by atoms with Gasteiger partial charge in [0.05, 0.1) is 68.6 Å². The van der Waals surface area contributed by atoms with E-state index in [4.69, 9.17) is 6.57 Å². The zero-order chi connectivity index (χ0) is 38.2. The van der Waals surface area contributed by atoms with Gasteiger partial charge in [0.25, 0.3) is 0 Å². The van der Waals surface area contributed by atoms with Crippen LogP contribution in [-0.2, 0) is 0 Å². The molecule has 11 rings (SSSR count). The van der Waals surface area contributed by atoms with E-state index in [1.807, 2.05) is 66.7 Å². The maximum atomic E-state index is 10.8. The molecule has 0 amide bonds. The number of aromatic nitrogens is 3. The van der Waals surface area contributed by atoms with Gasteiger partial charge >= 0.3 is 0 Å². The van der Waals surface area contributed by atoms with Crippen LogP contribution in [-0.4, -0.2) is 13.7 Å². The van der Waals surface area contributed by atoms with Gasteiger partial charge in [0, 0.05) is 49.4 Å². The minimum Gasteiger partial charge on any atom is -0.309 e. The van der Waals surface area contributed by atoms with Crippen LogP contribution in [0.15, 0.2) is 170 Å². The maximum absolute atomic E-state index is 10.8. The van der Waals surface area contributed by atoms with Crippen LogP contribution in [0.5, 0.6) is 0 Å². The van der Waals surface area contributed by atoms with E-state index in [2.05, 4.69) is 134 Å². The third-order valence-electron chi connectivity index (χ3n) is 11.3. The van der Waals surface area contributed by atoms with E-state index < -0.39 is 0 Å². The molecule has 0 aliphatic carbocycles. The van der Waals surface area contributed by atoms with Crippen molar-refractivity contribution in [1.29, 1.82) is 10.5 Å². The first-order valence-corrected chi connectivity index (χ1v) is 18.7. The summed E-state index contributed by atoms with van der Waals surface area (Å²) in [5, 5.41) is 27.6. The van der Waals surface area contributed by atoms with E-state index in [1.165, 1.54) is 10.8 Å². The fourth-order valence-corrected chi connectivity index (χ4v) is 8.88. The van der Waals surface area contributed by atoms with Crippen LogP contribution in [0.1, 0.15) is 11.1 Å². The lowest BCUT2D eigenvalue weighted by Crippen LogP contribution is -2.01. The lowest BCUT2D eigenvalue weighted by Gasteiger charge is -2.17. The smallest absolute Gasteiger partial charge is 0.188 e. The first kappa shape index (κ1) is 32.1. The minimum absolute atomic E-state index is 0.485. The number of fused-ring (bicyclic) bond motifs is 9. The van der Waals surface area contributed by atoms with Crippen LogP contribution in [0.3, 0.4) is 0 Å². The van der Waals surface area contributed by atoms with Gasteiger partial charge in [-0.3, -0.25) is 0 Å². The molecule has 0 aliphatic heterocycles. The van der Waals surface area contributed by atoms with E-state index in [9.17, 15) is 10.5 Å². The van der Waals surface area contributed by atoms with Crippen LogP contribution in [0, 0.1) is 29.2 Å². The predicted octanol–water partition coefficient (Wildman–Crippen LogP) is 12.9. The average Bonchev–Trinajstić information content (AvgIpc) is 3.91. The number of rotatable bonds is 4. The normalized spacial score (nSPS) is 11.5. The van der Waals surface area contributed by atoms with Gasteiger partial charge in [-0.25, -0.2) is 4.85 Å². The molecule has 0 saturated heterocycles. The molecule has 0 bridgehead atoms. The van der Waals surface area contributed by atoms with Crippen LogP contribution < -0.4 is 0 Å². The Morgan fingerprint density at radius 1 is 0.404 bits per heavy atom. The van der Waals surface area contributed by atoms with Crippen molar-refractivity contribution in [2.75, 3.05) is 0 Å². The number of nitrogens with zero attached hydrogens (tertiary/aromatic N) is 6. The second kappa shape index (κ2) is 12.3. The van der Waals surface area contributed by atoms with Crippen molar-refractivity contribution in [2.45, 2.75) is 0 Å². The Morgan fingerprint density at radius 3 is 1.53 bits per heavy atom. The van der Waals surface area contributed by atoms with Crippen LogP contribution in [0.2, 0.25) is 0 Å². The van der Waals surface area contributed by atoms with Gasteiger partial charge in [0.15, 0.2) is 5.69 Å². The lowest BCUT2D eigenvalue weighted by molar-refractivity contribution is 1.15. The van der Waals surface area contributed by atoms with Gasteiger partial charge in [-0.2, -0.15) is 10.5 Å². The molecule has 0 radical (unpaired) electrons. The van der Waals surface area contributed by atoms with Crippen LogP contribution in [0.4, 0.5) is 5.69 Å². The molecule has 57 heavy (non-hydrogen) atoms. The zero-order valence-electron chi connectivity index (χ0n) is 30.3. The summed E-state index contributed by atoms with van der Waals surface area (Å²) in [6, 6.07) is 62.6. The second-order valence-corrected chi connectivity index (χ2v) is 14.3. The second-order valence-electron chi connectivity index (χ2n) is 14.3. The van der Waals surface area contributed by atoms with E-state index in [0.717, 1.165) is 82.8 Å². The molecular weight excluding hydrogens is 697 g/mol. The summed E-state index contributed by atoms with van der Waals surface area (Å²) in [4.78, 5) is 3.68. The van der Waals surface area contributed by atoms with E-state index in [-0.39, 0.29) is 0 Å². The molecule has 0 N–H and O–H groups in total. The Morgan fingerprint density at radius 2 is 0.930 bits per heavy atom. The first-order valence-electron chi connectivity index (χ1n) is 18.7. The van der Waals surface area contributed by atoms with Gasteiger partial charge in [-0.15, -0.1) is 0 Å². The number of para-hydroxylation sites is 4. The van der Waals surface area contributed by atoms with Crippen molar-refractivity contribution in [3.8, 4) is 40.3 Å². The third-order valence-corrected chi connectivity index (χ3v) is 11.3. The predicted molar refractivity (Wildman–Crippen MR) is 231 cm³/mol. The van der Waals surface area contributed by atoms with Gasteiger partial charge < -0.3 is 13.7 Å². The van der Waals surface area contributed by atoms with Crippen molar-refractivity contribution in [2.24, 2.45) is 0 Å². The molecule has 0 saturated carbocycles. The lowest BCUT2D eigenvalue weighted by atomic mass is 9.96. The number of hydrogen-bond acceptors (Lipinski definition) is 2. The fraction of sp³-hybridized carbons (Fsp3) is 0. The Bertz CT molecular complexity index is 3580. The first-order chi connectivity index (χ1) is 28.1. The SMILES string of the molecule is [C-]#[N+]c1ccc2c(c1)c1ccccc1n2-c1ccc(-c2cc(C#N)ccc2-n2c3ccccc3c3ccc(-n4c5ccccc5c5ccccc54)cc32)c(C#N)c1. The molecule has 6 nitrogen and oxygen atoms in total. The van der Waals surface area contributed by atoms with Gasteiger partial charge in [0.1, 0.15) is 0 Å². The topological polar surface area (TPSA) is 66.7 Å². The summed E-state index contributed by atoms with van der Waals surface area (Å²) in [6.45, 7) is 7.60. The van der Waals surface area contributed by atoms with Crippen molar-refractivity contribution >= 4 is 71.1 Å². The molecule has 0 aliphatic rings. The number of benzene rings is 8. The highest BCUT2D eigenvalue weighted by molar-refractivity contribution is 6.13. The van der Waals surface area contributed by atoms with Crippen molar-refractivity contribution in [3.05, 3.63) is 192 Å². The third kappa shape index (κ3) is 4.68. The number of nitriles is 2. The molecule has 11 aromatic rings. The highest BCUT2D eigenvalue weighted by Gasteiger charge is 2.21. The fourth-order valence-electron chi connectivity index (χ4n) is 8.88. The van der Waals surface area contributed by atoms with Gasteiger partial charge in [-0.1, -0.05) is 91.0 Å². The Hall–Kier alpha value is -8.37. The molecule has 262 valence electrons. The summed E-state index contributed by atoms with van der Waals surface area (Å²) in [5.41, 5.74) is 12.1. The standard InChI is InChI=1S/C51H28N6/c1-54-34-19-25-49-44(28-34)41-13-5-8-16-47(41)55(49)35-20-22-37(33(27-35)31-53)43-26-32(30-52)18-24-50(43)57-48-17-9-4-12-40(48)42-23-21-36(29-51(42)57)56-45-14-6-2-10-38(45)39-11-3-7-15-46(39)56/h2-29H. The summed E-state index contributed by atoms with van der Waals surface area (Å²) in [7, 11) is 0. The Labute approximate surface area is 326 Å². The molecular formula is C51H28N6. The quantitative estimate of drug-likeness (QED) is 0.170. The minimum atomic E-state index is 0.485. The average molecular weight is 725 g/mol. The van der Waals surface area contributed by atoms with Crippen LogP contribution >= 0.6 is 0 Å². The van der Waals surface area contributed by atoms with E-state index in [1.54, 1.807) is 0 Å². The molecule has 0 atom stereocenters. The highest BCUT2D eigenvalue weighted by atomic mass is 15.0. The van der Waals surface area contributed by atoms with Crippen molar-refractivity contribution in [3.63, 3.8) is 0 Å². The van der Waals surface area contributed by atoms with Gasteiger partial charge in [0.2, 0.25) is 0 Å². The Kier molecular flexibility index (Phi) is 6.95. The molecule has 0 spiro atoms. The molecule has 3 aromatic heterocycles. The zero-order valence-corrected chi connectivity index (χ0v) is 30.3. The summed E-state index contributed by atoms with van der Waals surface area (Å²) < 4.78 is 6.75. The molecule has 0 fully saturated rings. The Balaban J connectivity index is 1.16. The summed E-state index contributed by atoms with van der Waals surface area (Å²) >= 11 is 0. The highest BCUT2D eigenvalue weighted by Crippen LogP contribution is 2.41. The van der Waals surface area contributed by atoms with E-state index in [0.29, 0.717) is 16.8 Å². The van der Waals surface area contributed by atoms with Crippen molar-refractivity contribution < 1.29 is 0 Å². The number of hydrogen-bond donors (Lipinski definition) is 0. The largest absolute Gasteiger partial charge is 0.309 e. The molecule has 8 aromatic carbocycles. The van der Waals surface area contributed by atoms with Crippen molar-refractivity contribution in [1.82, 2.24) is 13.7 Å². The molecule has 3 heterocycles. The summed E-state index contributed by atoms with van der Waals surface area (Å²) in [5.74, 6) is 0. The molecule has 6 heteroatoms. The van der Waals surface area contributed by atoms with E-state index >= 15 is 0 Å². The molecule has 0 unspecified atom stereocenters. The van der Waals surface area contributed by atoms with Gasteiger partial charge in [-0.05, 0) is 84.2 Å².